The molecule has 1 aliphatic heterocycles. The molecule has 4 aromatic rings. The van der Waals surface area contributed by atoms with Gasteiger partial charge in [0, 0.05) is 29.7 Å². The molecule has 2 aliphatic rings. The summed E-state index contributed by atoms with van der Waals surface area (Å²) in [6.45, 7) is 4.62. The van der Waals surface area contributed by atoms with Gasteiger partial charge in [-0.05, 0) is 110 Å². The first-order valence-electron chi connectivity index (χ1n) is 15.9. The third kappa shape index (κ3) is 8.09. The summed E-state index contributed by atoms with van der Waals surface area (Å²) in [5, 5.41) is 0. The van der Waals surface area contributed by atoms with Crippen molar-refractivity contribution in [3.8, 4) is 0 Å². The molecule has 6 rings (SSSR count). The van der Waals surface area contributed by atoms with E-state index in [2.05, 4.69) is 148 Å². The highest BCUT2D eigenvalue weighted by molar-refractivity contribution is 7.98. The lowest BCUT2D eigenvalue weighted by Gasteiger charge is -2.25. The average molecular weight is 589 g/mol. The Hall–Kier alpha value is -3.11. The van der Waals surface area contributed by atoms with Crippen LogP contribution in [0.3, 0.4) is 0 Å². The summed E-state index contributed by atoms with van der Waals surface area (Å²) >= 11 is 1.94. The fourth-order valence-corrected chi connectivity index (χ4v) is 7.78. The maximum Gasteiger partial charge on any atom is 0.0238 e. The lowest BCUT2D eigenvalue weighted by atomic mass is 9.82. The van der Waals surface area contributed by atoms with Gasteiger partial charge in [0.05, 0.1) is 0 Å². The normalized spacial score (nSPS) is 15.8. The fraction of sp³-hybridized carbons (Fsp3) is 0.350. The second-order valence-corrected chi connectivity index (χ2v) is 13.7. The van der Waals surface area contributed by atoms with Crippen LogP contribution < -0.4 is 0 Å². The summed E-state index contributed by atoms with van der Waals surface area (Å²) in [5.74, 6) is 2.29. The van der Waals surface area contributed by atoms with Crippen molar-refractivity contribution in [2.24, 2.45) is 5.92 Å². The predicted octanol–water partition coefficient (Wildman–Crippen LogP) is 9.18. The van der Waals surface area contributed by atoms with Gasteiger partial charge >= 0.3 is 0 Å². The molecule has 0 fully saturated rings. The smallest absolute Gasteiger partial charge is 0.0238 e. The quantitative estimate of drug-likeness (QED) is 0.213. The summed E-state index contributed by atoms with van der Waals surface area (Å²) in [6, 6.07) is 35.7. The van der Waals surface area contributed by atoms with Gasteiger partial charge in [0.1, 0.15) is 0 Å². The first-order valence-corrected chi connectivity index (χ1v) is 16.8. The molecule has 0 saturated carbocycles. The molecule has 1 heterocycles. The minimum Gasteiger partial charge on any atom is -0.309 e. The van der Waals surface area contributed by atoms with E-state index >= 15 is 0 Å². The highest BCUT2D eigenvalue weighted by Gasteiger charge is 2.25. The summed E-state index contributed by atoms with van der Waals surface area (Å²) in [4.78, 5) is 5.93. The van der Waals surface area contributed by atoms with Gasteiger partial charge in [-0.3, -0.25) is 0 Å². The van der Waals surface area contributed by atoms with Gasteiger partial charge < -0.3 is 9.80 Å². The second kappa shape index (κ2) is 15.1. The molecular formula is C40H48N2S. The molecule has 0 bridgehead atoms. The molecule has 0 N–H and O–H groups in total. The average Bonchev–Trinajstić information content (AvgIpc) is 3.26. The van der Waals surface area contributed by atoms with Gasteiger partial charge in [0.2, 0.25) is 0 Å². The molecule has 2 nitrogen and oxygen atoms in total. The number of hydrogen-bond donors (Lipinski definition) is 0. The van der Waals surface area contributed by atoms with Crippen molar-refractivity contribution in [1.82, 2.24) is 9.80 Å². The lowest BCUT2D eigenvalue weighted by Crippen LogP contribution is -2.21. The van der Waals surface area contributed by atoms with E-state index < -0.39 is 0 Å². The van der Waals surface area contributed by atoms with Crippen LogP contribution in [-0.4, -0.2) is 51.1 Å². The van der Waals surface area contributed by atoms with Gasteiger partial charge in [-0.2, -0.15) is 0 Å². The second-order valence-electron chi connectivity index (χ2n) is 12.7. The molecule has 0 aromatic heterocycles. The van der Waals surface area contributed by atoms with Crippen LogP contribution in [-0.2, 0) is 18.6 Å². The Kier molecular flexibility index (Phi) is 11.0. The van der Waals surface area contributed by atoms with E-state index in [1.54, 1.807) is 22.3 Å². The lowest BCUT2D eigenvalue weighted by molar-refractivity contribution is 0.321. The van der Waals surface area contributed by atoms with Crippen molar-refractivity contribution in [2.75, 3.05) is 41.3 Å². The molecule has 0 saturated heterocycles. The van der Waals surface area contributed by atoms with E-state index in [9.17, 15) is 0 Å². The van der Waals surface area contributed by atoms with Crippen LogP contribution in [0.5, 0.6) is 0 Å². The number of benzene rings is 4. The van der Waals surface area contributed by atoms with Crippen molar-refractivity contribution in [1.29, 1.82) is 0 Å². The Morgan fingerprint density at radius 2 is 1.26 bits per heavy atom. The first-order chi connectivity index (χ1) is 20.9. The Bertz CT molecular complexity index is 1420. The molecule has 0 spiro atoms. The monoisotopic (exact) mass is 588 g/mol. The summed E-state index contributed by atoms with van der Waals surface area (Å²) in [5.41, 5.74) is 11.8. The van der Waals surface area contributed by atoms with E-state index in [1.165, 1.54) is 46.4 Å². The number of thioether (sulfide) groups is 1. The summed E-state index contributed by atoms with van der Waals surface area (Å²) < 4.78 is 0. The standard InChI is InChI=1S/C21H27N.C19H21NS/c1-16(15-22(2)3)14-21-19-10-6-4-8-17(19)12-13-18-9-5-7-11-20(18)21;1-20(2)13-7-11-17-16-9-4-3-8-15(16)14-21-19-12-6-5-10-18(17)19/h4-11,16,21H,12-15H2,1-3H3;3-6,8-12H,7,13-14H2,1-2H3/b;17-11-. The fourth-order valence-electron chi connectivity index (χ4n) is 6.71. The third-order valence-electron chi connectivity index (χ3n) is 8.63. The zero-order chi connectivity index (χ0) is 30.2. The van der Waals surface area contributed by atoms with Gasteiger partial charge in [0.15, 0.2) is 0 Å². The SMILES string of the molecule is CC(CC1c2ccccc2CCc2ccccc21)CN(C)C.CN(C)CC/C=C1/c2ccccc2CSc2ccccc21. The van der Waals surface area contributed by atoms with Gasteiger partial charge in [-0.1, -0.05) is 104 Å². The highest BCUT2D eigenvalue weighted by atomic mass is 32.2. The molecule has 1 atom stereocenters. The van der Waals surface area contributed by atoms with Crippen molar-refractivity contribution in [3.63, 3.8) is 0 Å². The van der Waals surface area contributed by atoms with E-state index in [4.69, 9.17) is 0 Å². The molecule has 3 heteroatoms. The van der Waals surface area contributed by atoms with Crippen LogP contribution in [0.1, 0.15) is 64.6 Å². The van der Waals surface area contributed by atoms with E-state index in [1.807, 2.05) is 11.8 Å². The number of fused-ring (bicyclic) bond motifs is 4. The minimum absolute atomic E-state index is 0.546. The van der Waals surface area contributed by atoms with Crippen molar-refractivity contribution in [2.45, 2.75) is 49.2 Å². The highest BCUT2D eigenvalue weighted by Crippen LogP contribution is 2.40. The van der Waals surface area contributed by atoms with Crippen LogP contribution in [0.4, 0.5) is 0 Å². The van der Waals surface area contributed by atoms with Gasteiger partial charge in [-0.15, -0.1) is 11.8 Å². The molecule has 0 amide bonds. The maximum absolute atomic E-state index is 2.41. The number of nitrogens with zero attached hydrogens (tertiary/aromatic N) is 2. The molecular weight excluding hydrogens is 541 g/mol. The molecule has 43 heavy (non-hydrogen) atoms. The van der Waals surface area contributed by atoms with Crippen LogP contribution in [0.25, 0.3) is 5.57 Å². The topological polar surface area (TPSA) is 6.48 Å². The van der Waals surface area contributed by atoms with E-state index in [0.29, 0.717) is 11.8 Å². The minimum atomic E-state index is 0.546. The maximum atomic E-state index is 2.41. The Morgan fingerprint density at radius 3 is 1.88 bits per heavy atom. The summed E-state index contributed by atoms with van der Waals surface area (Å²) in [6.07, 6.45) is 7.06. The van der Waals surface area contributed by atoms with Crippen LogP contribution >= 0.6 is 11.8 Å². The molecule has 1 aliphatic carbocycles. The number of aryl methyl sites for hydroxylation is 2. The third-order valence-corrected chi connectivity index (χ3v) is 9.75. The largest absolute Gasteiger partial charge is 0.309 e. The van der Waals surface area contributed by atoms with E-state index in [0.717, 1.165) is 25.3 Å². The Labute approximate surface area is 264 Å². The molecule has 1 unspecified atom stereocenters. The number of rotatable bonds is 7. The Balaban J connectivity index is 0.000000171. The van der Waals surface area contributed by atoms with Gasteiger partial charge in [-0.25, -0.2) is 0 Å². The predicted molar refractivity (Wildman–Crippen MR) is 187 cm³/mol. The van der Waals surface area contributed by atoms with Gasteiger partial charge in [0.25, 0.3) is 0 Å². The van der Waals surface area contributed by atoms with E-state index in [-0.39, 0.29) is 0 Å². The summed E-state index contributed by atoms with van der Waals surface area (Å²) in [7, 11) is 8.60. The zero-order valence-electron chi connectivity index (χ0n) is 26.7. The molecule has 4 aromatic carbocycles. The number of hydrogen-bond acceptors (Lipinski definition) is 3. The molecule has 224 valence electrons. The van der Waals surface area contributed by atoms with Crippen LogP contribution in [0, 0.1) is 5.92 Å². The van der Waals surface area contributed by atoms with Crippen LogP contribution in [0.2, 0.25) is 0 Å². The zero-order valence-corrected chi connectivity index (χ0v) is 27.5. The molecule has 0 radical (unpaired) electrons. The first kappa shape index (κ1) is 31.3. The Morgan fingerprint density at radius 1 is 0.698 bits per heavy atom. The van der Waals surface area contributed by atoms with Crippen molar-refractivity contribution < 1.29 is 0 Å². The van der Waals surface area contributed by atoms with Crippen LogP contribution in [0.15, 0.2) is 108 Å². The van der Waals surface area contributed by atoms with Crippen molar-refractivity contribution >= 4 is 17.3 Å². The van der Waals surface area contributed by atoms with Crippen molar-refractivity contribution in [3.05, 3.63) is 142 Å².